The number of nitrogens with one attached hydrogen (secondary N) is 2. The van der Waals surface area contributed by atoms with E-state index < -0.39 is 0 Å². The van der Waals surface area contributed by atoms with Crippen LogP contribution in [0.15, 0.2) is 71.2 Å². The normalized spacial score (nSPS) is 12.8. The zero-order valence-corrected chi connectivity index (χ0v) is 19.4. The van der Waals surface area contributed by atoms with Crippen LogP contribution in [0.3, 0.4) is 0 Å². The van der Waals surface area contributed by atoms with Gasteiger partial charge in [0.2, 0.25) is 5.91 Å². The van der Waals surface area contributed by atoms with Crippen LogP contribution in [-0.4, -0.2) is 18.4 Å². The summed E-state index contributed by atoms with van der Waals surface area (Å²) in [5.74, 6) is 0.405. The topological polar surface area (TPSA) is 67.4 Å². The standard InChI is InChI=1S/C26H25BrN2O3/c1-17-7-11-21(16-23(17)29-25(30)19-8-9-19)28-26(31)22-15-20(27)10-12-24(22)32-14-13-18-5-3-2-4-6-18/h2-7,10-12,15-16,19H,8-9,13-14H2,1H3,(H,28,31)(H,29,30). The third-order valence-electron chi connectivity index (χ3n) is 5.38. The first-order chi connectivity index (χ1) is 15.5. The summed E-state index contributed by atoms with van der Waals surface area (Å²) in [6.45, 7) is 2.40. The van der Waals surface area contributed by atoms with E-state index in [9.17, 15) is 9.59 Å². The first kappa shape index (κ1) is 22.1. The molecule has 0 saturated heterocycles. The van der Waals surface area contributed by atoms with Crippen molar-refractivity contribution >= 4 is 39.1 Å². The predicted octanol–water partition coefficient (Wildman–Crippen LogP) is 5.98. The molecule has 2 amide bonds. The molecule has 0 bridgehead atoms. The fraction of sp³-hybridized carbons (Fsp3) is 0.231. The van der Waals surface area contributed by atoms with Crippen LogP contribution >= 0.6 is 15.9 Å². The Hall–Kier alpha value is -3.12. The lowest BCUT2D eigenvalue weighted by Crippen LogP contribution is -2.16. The minimum absolute atomic E-state index is 0.0395. The van der Waals surface area contributed by atoms with Crippen LogP contribution in [0.2, 0.25) is 0 Å². The summed E-state index contributed by atoms with van der Waals surface area (Å²) in [6, 6.07) is 21.0. The van der Waals surface area contributed by atoms with Crippen molar-refractivity contribution < 1.29 is 14.3 Å². The lowest BCUT2D eigenvalue weighted by molar-refractivity contribution is -0.117. The molecule has 1 fully saturated rings. The molecule has 0 aliphatic heterocycles. The Bertz CT molecular complexity index is 1130. The van der Waals surface area contributed by atoms with Gasteiger partial charge in [-0.05, 0) is 61.2 Å². The van der Waals surface area contributed by atoms with Gasteiger partial charge >= 0.3 is 0 Å². The molecule has 1 aliphatic rings. The summed E-state index contributed by atoms with van der Waals surface area (Å²) in [6.07, 6.45) is 2.63. The van der Waals surface area contributed by atoms with Gasteiger partial charge < -0.3 is 15.4 Å². The third-order valence-corrected chi connectivity index (χ3v) is 5.87. The van der Waals surface area contributed by atoms with Crippen LogP contribution in [0.5, 0.6) is 5.75 Å². The second kappa shape index (κ2) is 10.0. The van der Waals surface area contributed by atoms with E-state index in [0.717, 1.165) is 29.3 Å². The molecule has 4 rings (SSSR count). The Labute approximate surface area is 196 Å². The van der Waals surface area contributed by atoms with Gasteiger partial charge in [0, 0.05) is 28.2 Å². The minimum Gasteiger partial charge on any atom is -0.492 e. The predicted molar refractivity (Wildman–Crippen MR) is 130 cm³/mol. The summed E-state index contributed by atoms with van der Waals surface area (Å²) >= 11 is 3.44. The number of carbonyl (C=O) groups excluding carboxylic acids is 2. The van der Waals surface area contributed by atoms with Crippen molar-refractivity contribution in [2.45, 2.75) is 26.2 Å². The Balaban J connectivity index is 1.45. The summed E-state index contributed by atoms with van der Waals surface area (Å²) in [7, 11) is 0. The zero-order chi connectivity index (χ0) is 22.5. The van der Waals surface area contributed by atoms with Gasteiger partial charge in [0.15, 0.2) is 0 Å². The lowest BCUT2D eigenvalue weighted by Gasteiger charge is -2.14. The number of amides is 2. The molecule has 1 aliphatic carbocycles. The molecule has 0 radical (unpaired) electrons. The van der Waals surface area contributed by atoms with Gasteiger partial charge in [-0.1, -0.05) is 52.3 Å². The van der Waals surface area contributed by atoms with Crippen molar-refractivity contribution in [1.29, 1.82) is 0 Å². The van der Waals surface area contributed by atoms with E-state index >= 15 is 0 Å². The van der Waals surface area contributed by atoms with Gasteiger partial charge in [0.05, 0.1) is 12.2 Å². The highest BCUT2D eigenvalue weighted by molar-refractivity contribution is 9.10. The molecule has 32 heavy (non-hydrogen) atoms. The molecule has 0 heterocycles. The van der Waals surface area contributed by atoms with Crippen molar-refractivity contribution in [3.8, 4) is 5.75 Å². The van der Waals surface area contributed by atoms with E-state index in [1.54, 1.807) is 18.2 Å². The molecule has 0 unspecified atom stereocenters. The van der Waals surface area contributed by atoms with Crippen LogP contribution in [-0.2, 0) is 11.2 Å². The highest BCUT2D eigenvalue weighted by Gasteiger charge is 2.29. The molecule has 0 aromatic heterocycles. The molecule has 3 aromatic carbocycles. The SMILES string of the molecule is Cc1ccc(NC(=O)c2cc(Br)ccc2OCCc2ccccc2)cc1NC(=O)C1CC1. The van der Waals surface area contributed by atoms with Crippen LogP contribution in [0.4, 0.5) is 11.4 Å². The number of ether oxygens (including phenoxy) is 1. The summed E-state index contributed by atoms with van der Waals surface area (Å²) in [5, 5.41) is 5.90. The second-order valence-electron chi connectivity index (χ2n) is 7.97. The molecule has 6 heteroatoms. The Kier molecular flexibility index (Phi) is 6.90. The summed E-state index contributed by atoms with van der Waals surface area (Å²) in [5.41, 5.74) is 3.90. The van der Waals surface area contributed by atoms with Gasteiger partial charge in [-0.25, -0.2) is 0 Å². The van der Waals surface area contributed by atoms with Crippen LogP contribution in [0.1, 0.15) is 34.3 Å². The smallest absolute Gasteiger partial charge is 0.259 e. The van der Waals surface area contributed by atoms with E-state index in [4.69, 9.17) is 4.74 Å². The van der Waals surface area contributed by atoms with E-state index in [-0.39, 0.29) is 17.7 Å². The number of benzene rings is 3. The highest BCUT2D eigenvalue weighted by Crippen LogP contribution is 2.31. The maximum Gasteiger partial charge on any atom is 0.259 e. The fourth-order valence-corrected chi connectivity index (χ4v) is 3.70. The lowest BCUT2D eigenvalue weighted by atomic mass is 10.1. The number of aryl methyl sites for hydroxylation is 1. The molecule has 164 valence electrons. The van der Waals surface area contributed by atoms with Gasteiger partial charge in [0.1, 0.15) is 5.75 Å². The molecule has 0 atom stereocenters. The van der Waals surface area contributed by atoms with Crippen molar-refractivity contribution in [3.05, 3.63) is 87.9 Å². The fourth-order valence-electron chi connectivity index (χ4n) is 3.34. The second-order valence-corrected chi connectivity index (χ2v) is 8.89. The van der Waals surface area contributed by atoms with Crippen LogP contribution in [0.25, 0.3) is 0 Å². The largest absolute Gasteiger partial charge is 0.492 e. The number of halogens is 1. The Morgan fingerprint density at radius 2 is 1.78 bits per heavy atom. The van der Waals surface area contributed by atoms with Gasteiger partial charge in [-0.15, -0.1) is 0 Å². The van der Waals surface area contributed by atoms with Crippen molar-refractivity contribution in [2.75, 3.05) is 17.2 Å². The first-order valence-electron chi connectivity index (χ1n) is 10.7. The maximum atomic E-state index is 13.1. The molecule has 0 spiro atoms. The van der Waals surface area contributed by atoms with Crippen LogP contribution in [0, 0.1) is 12.8 Å². The zero-order valence-electron chi connectivity index (χ0n) is 17.9. The molecule has 2 N–H and O–H groups in total. The average Bonchev–Trinajstić information content (AvgIpc) is 3.63. The van der Waals surface area contributed by atoms with E-state index in [2.05, 4.69) is 38.7 Å². The number of anilines is 2. The number of hydrogen-bond donors (Lipinski definition) is 2. The van der Waals surface area contributed by atoms with Crippen molar-refractivity contribution in [1.82, 2.24) is 0 Å². The molecular weight excluding hydrogens is 468 g/mol. The van der Waals surface area contributed by atoms with E-state index in [0.29, 0.717) is 29.3 Å². The van der Waals surface area contributed by atoms with Gasteiger partial charge in [-0.3, -0.25) is 9.59 Å². The van der Waals surface area contributed by atoms with Gasteiger partial charge in [-0.2, -0.15) is 0 Å². The third kappa shape index (κ3) is 5.77. The van der Waals surface area contributed by atoms with E-state index in [1.807, 2.05) is 43.3 Å². The average molecular weight is 493 g/mol. The minimum atomic E-state index is -0.274. The van der Waals surface area contributed by atoms with Gasteiger partial charge in [0.25, 0.3) is 5.91 Å². The van der Waals surface area contributed by atoms with Crippen molar-refractivity contribution in [3.63, 3.8) is 0 Å². The highest BCUT2D eigenvalue weighted by atomic mass is 79.9. The summed E-state index contributed by atoms with van der Waals surface area (Å²) in [4.78, 5) is 25.2. The first-order valence-corrected chi connectivity index (χ1v) is 11.5. The number of hydrogen-bond acceptors (Lipinski definition) is 3. The molecule has 5 nitrogen and oxygen atoms in total. The maximum absolute atomic E-state index is 13.1. The number of carbonyl (C=O) groups is 2. The Morgan fingerprint density at radius 3 is 2.53 bits per heavy atom. The van der Waals surface area contributed by atoms with Crippen molar-refractivity contribution in [2.24, 2.45) is 5.92 Å². The summed E-state index contributed by atoms with van der Waals surface area (Å²) < 4.78 is 6.74. The van der Waals surface area contributed by atoms with E-state index in [1.165, 1.54) is 5.56 Å². The quantitative estimate of drug-likeness (QED) is 0.406. The Morgan fingerprint density at radius 1 is 1.00 bits per heavy atom. The molecule has 3 aromatic rings. The molecular formula is C26H25BrN2O3. The number of rotatable bonds is 8. The van der Waals surface area contributed by atoms with Crippen LogP contribution < -0.4 is 15.4 Å². The monoisotopic (exact) mass is 492 g/mol. The molecule has 1 saturated carbocycles.